The van der Waals surface area contributed by atoms with Crippen LogP contribution in [-0.4, -0.2) is 23.1 Å². The Morgan fingerprint density at radius 2 is 1.50 bits per heavy atom. The number of hydrogen-bond acceptors (Lipinski definition) is 2. The molecular formula is C21H25NO2. The van der Waals surface area contributed by atoms with Crippen LogP contribution in [0, 0.1) is 0 Å². The van der Waals surface area contributed by atoms with Crippen LogP contribution in [0.4, 0.5) is 0 Å². The standard InChI is InChI=1S/C21H25NO2/c1-4-5-16-22(20(24)18-12-8-6-9-13-18)21(3,17(2)23)19-14-10-7-11-15-19/h6-15H,4-5,16H2,1-3H3. The number of benzene rings is 2. The van der Waals surface area contributed by atoms with E-state index in [0.717, 1.165) is 18.4 Å². The molecule has 0 saturated carbocycles. The van der Waals surface area contributed by atoms with Crippen molar-refractivity contribution in [1.82, 2.24) is 4.90 Å². The molecule has 0 aliphatic rings. The smallest absolute Gasteiger partial charge is 0.254 e. The normalized spacial score (nSPS) is 13.1. The summed E-state index contributed by atoms with van der Waals surface area (Å²) in [4.78, 5) is 27.5. The third kappa shape index (κ3) is 3.56. The highest BCUT2D eigenvalue weighted by Gasteiger charge is 2.41. The van der Waals surface area contributed by atoms with E-state index < -0.39 is 5.54 Å². The van der Waals surface area contributed by atoms with Crippen molar-refractivity contribution in [1.29, 1.82) is 0 Å². The molecule has 0 radical (unpaired) electrons. The number of carbonyl (C=O) groups is 2. The lowest BCUT2D eigenvalue weighted by atomic mass is 9.85. The Bertz CT molecular complexity index is 681. The summed E-state index contributed by atoms with van der Waals surface area (Å²) in [6.45, 7) is 6.04. The van der Waals surface area contributed by atoms with Crippen LogP contribution in [0.25, 0.3) is 0 Å². The number of Topliss-reactive ketones (excluding diaryl/α,β-unsaturated/α-hetero) is 1. The largest absolute Gasteiger partial charge is 0.322 e. The predicted molar refractivity (Wildman–Crippen MR) is 96.9 cm³/mol. The van der Waals surface area contributed by atoms with Gasteiger partial charge in [0.15, 0.2) is 5.78 Å². The molecule has 2 aromatic carbocycles. The Kier molecular flexibility index (Phi) is 5.91. The maximum absolute atomic E-state index is 13.1. The maximum atomic E-state index is 13.1. The van der Waals surface area contributed by atoms with Gasteiger partial charge in [0.1, 0.15) is 5.54 Å². The lowest BCUT2D eigenvalue weighted by Gasteiger charge is -2.40. The van der Waals surface area contributed by atoms with Crippen LogP contribution in [0.5, 0.6) is 0 Å². The van der Waals surface area contributed by atoms with Crippen molar-refractivity contribution < 1.29 is 9.59 Å². The van der Waals surface area contributed by atoms with Crippen LogP contribution in [0.1, 0.15) is 49.5 Å². The first-order valence-electron chi connectivity index (χ1n) is 8.45. The van der Waals surface area contributed by atoms with E-state index in [1.165, 1.54) is 0 Å². The summed E-state index contributed by atoms with van der Waals surface area (Å²) in [6.07, 6.45) is 1.82. The molecule has 0 aromatic heterocycles. The van der Waals surface area contributed by atoms with Gasteiger partial charge in [-0.05, 0) is 38.0 Å². The van der Waals surface area contributed by atoms with Crippen LogP contribution in [0.2, 0.25) is 0 Å². The van der Waals surface area contributed by atoms with E-state index in [1.54, 1.807) is 24.0 Å². The van der Waals surface area contributed by atoms with E-state index in [4.69, 9.17) is 0 Å². The monoisotopic (exact) mass is 323 g/mol. The van der Waals surface area contributed by atoms with Gasteiger partial charge in [-0.3, -0.25) is 9.59 Å². The Balaban J connectivity index is 2.51. The number of unbranched alkanes of at least 4 members (excludes halogenated alkanes) is 1. The summed E-state index contributed by atoms with van der Waals surface area (Å²) in [6, 6.07) is 18.7. The number of ketones is 1. The molecule has 1 atom stereocenters. The number of carbonyl (C=O) groups excluding carboxylic acids is 2. The molecule has 3 heteroatoms. The van der Waals surface area contributed by atoms with Crippen LogP contribution >= 0.6 is 0 Å². The molecule has 126 valence electrons. The number of hydrogen-bond donors (Lipinski definition) is 0. The molecule has 3 nitrogen and oxygen atoms in total. The van der Waals surface area contributed by atoms with Crippen LogP contribution in [-0.2, 0) is 10.3 Å². The molecule has 0 aliphatic heterocycles. The SMILES string of the molecule is CCCCN(C(=O)c1ccccc1)C(C)(C(C)=O)c1ccccc1. The van der Waals surface area contributed by atoms with Crippen molar-refractivity contribution in [3.05, 3.63) is 71.8 Å². The Labute approximate surface area is 144 Å². The van der Waals surface area contributed by atoms with E-state index in [9.17, 15) is 9.59 Å². The van der Waals surface area contributed by atoms with E-state index >= 15 is 0 Å². The van der Waals surface area contributed by atoms with Crippen molar-refractivity contribution in [2.24, 2.45) is 0 Å². The van der Waals surface area contributed by atoms with Crippen LogP contribution < -0.4 is 0 Å². The van der Waals surface area contributed by atoms with E-state index in [2.05, 4.69) is 6.92 Å². The van der Waals surface area contributed by atoms with E-state index in [-0.39, 0.29) is 11.7 Å². The van der Waals surface area contributed by atoms with E-state index in [0.29, 0.717) is 12.1 Å². The lowest BCUT2D eigenvalue weighted by molar-refractivity contribution is -0.127. The Hall–Kier alpha value is -2.42. The highest BCUT2D eigenvalue weighted by Crippen LogP contribution is 2.31. The summed E-state index contributed by atoms with van der Waals surface area (Å²) < 4.78 is 0. The highest BCUT2D eigenvalue weighted by molar-refractivity contribution is 5.99. The van der Waals surface area contributed by atoms with Crippen molar-refractivity contribution >= 4 is 11.7 Å². The zero-order valence-corrected chi connectivity index (χ0v) is 14.7. The molecule has 2 rings (SSSR count). The molecule has 1 amide bonds. The number of amides is 1. The van der Waals surface area contributed by atoms with Gasteiger partial charge in [-0.1, -0.05) is 61.9 Å². The van der Waals surface area contributed by atoms with Gasteiger partial charge >= 0.3 is 0 Å². The third-order valence-corrected chi connectivity index (χ3v) is 4.56. The van der Waals surface area contributed by atoms with Crippen molar-refractivity contribution in [2.75, 3.05) is 6.54 Å². The molecule has 0 saturated heterocycles. The fourth-order valence-electron chi connectivity index (χ4n) is 2.89. The molecule has 0 heterocycles. The van der Waals surface area contributed by atoms with Gasteiger partial charge in [0.25, 0.3) is 5.91 Å². The fraction of sp³-hybridized carbons (Fsp3) is 0.333. The summed E-state index contributed by atoms with van der Waals surface area (Å²) >= 11 is 0. The average molecular weight is 323 g/mol. The zero-order valence-electron chi connectivity index (χ0n) is 14.7. The quantitative estimate of drug-likeness (QED) is 0.756. The third-order valence-electron chi connectivity index (χ3n) is 4.56. The molecule has 24 heavy (non-hydrogen) atoms. The molecule has 0 spiro atoms. The first-order valence-corrected chi connectivity index (χ1v) is 8.45. The number of nitrogens with zero attached hydrogens (tertiary/aromatic N) is 1. The van der Waals surface area contributed by atoms with Crippen LogP contribution in [0.15, 0.2) is 60.7 Å². The molecule has 2 aromatic rings. The molecular weight excluding hydrogens is 298 g/mol. The van der Waals surface area contributed by atoms with Gasteiger partial charge < -0.3 is 4.90 Å². The minimum Gasteiger partial charge on any atom is -0.322 e. The van der Waals surface area contributed by atoms with E-state index in [1.807, 2.05) is 55.5 Å². The summed E-state index contributed by atoms with van der Waals surface area (Å²) in [5, 5.41) is 0. The maximum Gasteiger partial charge on any atom is 0.254 e. The molecule has 1 unspecified atom stereocenters. The Morgan fingerprint density at radius 3 is 2.00 bits per heavy atom. The Morgan fingerprint density at radius 1 is 0.958 bits per heavy atom. The average Bonchev–Trinajstić information content (AvgIpc) is 2.62. The predicted octanol–water partition coefficient (Wildman–Crippen LogP) is 4.43. The van der Waals surface area contributed by atoms with Gasteiger partial charge in [0.2, 0.25) is 0 Å². The summed E-state index contributed by atoms with van der Waals surface area (Å²) in [7, 11) is 0. The second-order valence-corrected chi connectivity index (χ2v) is 6.17. The zero-order chi connectivity index (χ0) is 17.6. The molecule has 0 fully saturated rings. The van der Waals surface area contributed by atoms with Gasteiger partial charge in [-0.15, -0.1) is 0 Å². The van der Waals surface area contributed by atoms with Crippen LogP contribution in [0.3, 0.4) is 0 Å². The van der Waals surface area contributed by atoms with Crippen molar-refractivity contribution in [3.8, 4) is 0 Å². The van der Waals surface area contributed by atoms with Crippen molar-refractivity contribution in [3.63, 3.8) is 0 Å². The topological polar surface area (TPSA) is 37.4 Å². The fourth-order valence-corrected chi connectivity index (χ4v) is 2.89. The summed E-state index contributed by atoms with van der Waals surface area (Å²) in [5.74, 6) is -0.139. The molecule has 0 N–H and O–H groups in total. The first kappa shape index (κ1) is 17.9. The minimum absolute atomic E-state index is 0.0333. The van der Waals surface area contributed by atoms with Gasteiger partial charge in [-0.25, -0.2) is 0 Å². The lowest BCUT2D eigenvalue weighted by Crippen LogP contribution is -2.52. The van der Waals surface area contributed by atoms with Crippen molar-refractivity contribution in [2.45, 2.75) is 39.2 Å². The number of rotatable bonds is 7. The van der Waals surface area contributed by atoms with Gasteiger partial charge in [0, 0.05) is 12.1 Å². The second-order valence-electron chi connectivity index (χ2n) is 6.17. The molecule has 0 aliphatic carbocycles. The highest BCUT2D eigenvalue weighted by atomic mass is 16.2. The first-order chi connectivity index (χ1) is 11.5. The summed E-state index contributed by atoms with van der Waals surface area (Å²) in [5.41, 5.74) is 0.485. The van der Waals surface area contributed by atoms with Gasteiger partial charge in [-0.2, -0.15) is 0 Å². The molecule has 0 bridgehead atoms. The second kappa shape index (κ2) is 7.91. The minimum atomic E-state index is -0.969. The van der Waals surface area contributed by atoms with Gasteiger partial charge in [0.05, 0.1) is 0 Å².